The molecule has 0 aromatic rings. The molecule has 0 N–H and O–H groups in total. The molecule has 0 atom stereocenters. The van der Waals surface area contributed by atoms with E-state index in [-0.39, 0.29) is 0 Å². The van der Waals surface area contributed by atoms with E-state index in [4.69, 9.17) is 0 Å². The van der Waals surface area contributed by atoms with Gasteiger partial charge in [0.1, 0.15) is 0 Å². The van der Waals surface area contributed by atoms with E-state index in [0.717, 1.165) is 0 Å². The first-order chi connectivity index (χ1) is 1.91. The predicted octanol–water partition coefficient (Wildman–Crippen LogP) is 0.236. The van der Waals surface area contributed by atoms with Gasteiger partial charge in [-0.25, -0.2) is 0 Å². The molecule has 0 radical (unpaired) electrons. The summed E-state index contributed by atoms with van der Waals surface area (Å²) in [4.78, 5) is 0. The van der Waals surface area contributed by atoms with Crippen LogP contribution in [0.5, 0.6) is 0 Å². The topological polar surface area (TPSA) is 17.1 Å². The van der Waals surface area contributed by atoms with Gasteiger partial charge in [-0.05, 0) is 0 Å². The van der Waals surface area contributed by atoms with Crippen molar-refractivity contribution < 1.29 is 21.5 Å². The second kappa shape index (κ2) is 3.36. The van der Waals surface area contributed by atoms with Gasteiger partial charge in [-0.3, -0.25) is 0 Å². The molecule has 0 saturated heterocycles. The molecule has 2 heteroatoms. The minimum atomic E-state index is -1.13. The standard InChI is InChI=1S/C2H4.O.W/c1-2;;/h1H,2H3;;. The molecule has 0 aromatic carbocycles. The summed E-state index contributed by atoms with van der Waals surface area (Å²) in [5, 5.41) is 0. The maximum atomic E-state index is 9.41. The quantitative estimate of drug-likeness (QED) is 0.580. The molecule has 0 amide bonds. The first kappa shape index (κ1) is 4.36. The van der Waals surface area contributed by atoms with E-state index in [1.807, 2.05) is 6.92 Å². The molecule has 0 aliphatic rings. The molecule has 0 aliphatic heterocycles. The Hall–Kier alpha value is 0.358. The zero-order valence-electron chi connectivity index (χ0n) is 2.39. The van der Waals surface area contributed by atoms with Crippen LogP contribution in [0.1, 0.15) is 6.92 Å². The van der Waals surface area contributed by atoms with Crippen molar-refractivity contribution in [3.8, 4) is 0 Å². The van der Waals surface area contributed by atoms with Crippen molar-refractivity contribution in [1.82, 2.24) is 0 Å². The van der Waals surface area contributed by atoms with Crippen molar-refractivity contribution in [3.05, 3.63) is 0 Å². The van der Waals surface area contributed by atoms with Crippen LogP contribution in [0.3, 0.4) is 0 Å². The summed E-state index contributed by atoms with van der Waals surface area (Å²) in [5.74, 6) is 0. The van der Waals surface area contributed by atoms with Gasteiger partial charge < -0.3 is 0 Å². The van der Waals surface area contributed by atoms with Crippen LogP contribution in [0.15, 0.2) is 0 Å². The Morgan fingerprint density at radius 1 is 2.00 bits per heavy atom. The van der Waals surface area contributed by atoms with Gasteiger partial charge in [0.15, 0.2) is 0 Å². The zero-order valence-corrected chi connectivity index (χ0v) is 5.33. The van der Waals surface area contributed by atoms with Crippen molar-refractivity contribution in [2.75, 3.05) is 0 Å². The SMILES string of the molecule is C[CH]=[W]=[O]. The van der Waals surface area contributed by atoms with Gasteiger partial charge in [-0.2, -0.15) is 0 Å². The van der Waals surface area contributed by atoms with Crippen LogP contribution in [0, 0.1) is 0 Å². The van der Waals surface area contributed by atoms with Gasteiger partial charge in [0, 0.05) is 0 Å². The van der Waals surface area contributed by atoms with Crippen molar-refractivity contribution >= 4 is 4.40 Å². The molecule has 4 heavy (non-hydrogen) atoms. The van der Waals surface area contributed by atoms with Gasteiger partial charge in [-0.15, -0.1) is 0 Å². The van der Waals surface area contributed by atoms with Crippen LogP contribution in [-0.4, -0.2) is 4.40 Å². The Labute approximate surface area is 33.4 Å². The van der Waals surface area contributed by atoms with E-state index in [1.54, 1.807) is 4.40 Å². The van der Waals surface area contributed by atoms with Crippen LogP contribution in [-0.2, 0) is 21.5 Å². The van der Waals surface area contributed by atoms with E-state index < -0.39 is 18.1 Å². The summed E-state index contributed by atoms with van der Waals surface area (Å²) < 4.78 is 11.1. The molecule has 0 spiro atoms. The number of hydrogen-bond acceptors (Lipinski definition) is 1. The van der Waals surface area contributed by atoms with Crippen molar-refractivity contribution in [3.63, 3.8) is 0 Å². The minimum absolute atomic E-state index is 1.13. The average molecular weight is 228 g/mol. The fourth-order valence-electron chi connectivity index (χ4n) is 0. The summed E-state index contributed by atoms with van der Waals surface area (Å²) in [6.07, 6.45) is 0. The van der Waals surface area contributed by atoms with E-state index in [2.05, 4.69) is 0 Å². The Bertz CT molecular complexity index is 44.0. The summed E-state index contributed by atoms with van der Waals surface area (Å²) in [6, 6.07) is 0. The Morgan fingerprint density at radius 3 is 2.25 bits per heavy atom. The van der Waals surface area contributed by atoms with Crippen molar-refractivity contribution in [2.45, 2.75) is 6.92 Å². The Balaban J connectivity index is 3.11. The van der Waals surface area contributed by atoms with Gasteiger partial charge in [0.25, 0.3) is 0 Å². The van der Waals surface area contributed by atoms with Gasteiger partial charge in [0.2, 0.25) is 0 Å². The van der Waals surface area contributed by atoms with Crippen molar-refractivity contribution in [2.24, 2.45) is 0 Å². The Kier molecular flexibility index (Phi) is 3.66. The summed E-state index contributed by atoms with van der Waals surface area (Å²) in [5.41, 5.74) is 0. The predicted molar refractivity (Wildman–Crippen MR) is 12.4 cm³/mol. The monoisotopic (exact) mass is 228 g/mol. The molecular formula is C2H4OW. The Morgan fingerprint density at radius 2 is 2.25 bits per heavy atom. The molecule has 0 unspecified atom stereocenters. The zero-order chi connectivity index (χ0) is 3.41. The van der Waals surface area contributed by atoms with Gasteiger partial charge in [-0.1, -0.05) is 0 Å². The first-order valence-corrected chi connectivity index (χ1v) is 3.87. The molecule has 0 saturated carbocycles. The third-order valence-electron chi connectivity index (χ3n) is 0.0962. The molecule has 1 nitrogen and oxygen atoms in total. The second-order valence-corrected chi connectivity index (χ2v) is 2.72. The fraction of sp³-hybridized carbons (Fsp3) is 0.500. The van der Waals surface area contributed by atoms with Crippen LogP contribution in [0.4, 0.5) is 0 Å². The third kappa shape index (κ3) is 2.36. The number of hydrogen-bond donors (Lipinski definition) is 0. The van der Waals surface area contributed by atoms with E-state index in [1.165, 1.54) is 0 Å². The molecule has 0 bridgehead atoms. The van der Waals surface area contributed by atoms with Crippen LogP contribution in [0.25, 0.3) is 0 Å². The van der Waals surface area contributed by atoms with Crippen LogP contribution >= 0.6 is 0 Å². The molecular weight excluding hydrogens is 224 g/mol. The molecule has 0 aromatic heterocycles. The van der Waals surface area contributed by atoms with E-state index >= 15 is 0 Å². The van der Waals surface area contributed by atoms with Gasteiger partial charge in [0.05, 0.1) is 0 Å². The number of rotatable bonds is 0. The molecule has 24 valence electrons. The van der Waals surface area contributed by atoms with Gasteiger partial charge >= 0.3 is 32.8 Å². The first-order valence-electron chi connectivity index (χ1n) is 0.980. The molecule has 0 rings (SSSR count). The normalized spacial score (nSPS) is 5.25. The summed E-state index contributed by atoms with van der Waals surface area (Å²) in [6.45, 7) is 1.82. The van der Waals surface area contributed by atoms with Crippen LogP contribution < -0.4 is 0 Å². The summed E-state index contributed by atoms with van der Waals surface area (Å²) in [7, 11) is 0. The average Bonchev–Trinajstić information content (AvgIpc) is 1.37. The third-order valence-corrected chi connectivity index (χ3v) is 0.788. The van der Waals surface area contributed by atoms with E-state index in [9.17, 15) is 3.40 Å². The van der Waals surface area contributed by atoms with Crippen LogP contribution in [0.2, 0.25) is 0 Å². The molecule has 0 heterocycles. The molecule has 0 fully saturated rings. The second-order valence-electron chi connectivity index (χ2n) is 0.332. The maximum absolute atomic E-state index is 9.41. The van der Waals surface area contributed by atoms with Crippen molar-refractivity contribution in [1.29, 1.82) is 0 Å². The molecule has 0 aliphatic carbocycles. The van der Waals surface area contributed by atoms with E-state index in [0.29, 0.717) is 0 Å². The fourth-order valence-corrected chi connectivity index (χ4v) is 0. The summed E-state index contributed by atoms with van der Waals surface area (Å²) >= 11 is -1.13.